The van der Waals surface area contributed by atoms with E-state index in [1.54, 1.807) is 7.05 Å². The Bertz CT molecular complexity index is 329. The van der Waals surface area contributed by atoms with Crippen molar-refractivity contribution < 1.29 is 8.42 Å². The summed E-state index contributed by atoms with van der Waals surface area (Å²) < 4.78 is 25.8. The summed E-state index contributed by atoms with van der Waals surface area (Å²) in [4.78, 5) is 0. The summed E-state index contributed by atoms with van der Waals surface area (Å²) in [6.45, 7) is 4.08. The van der Waals surface area contributed by atoms with Crippen LogP contribution in [0.25, 0.3) is 0 Å². The molecule has 0 bridgehead atoms. The summed E-state index contributed by atoms with van der Waals surface area (Å²) in [6, 6.07) is -0.0115. The highest BCUT2D eigenvalue weighted by Crippen LogP contribution is 2.28. The van der Waals surface area contributed by atoms with Crippen molar-refractivity contribution in [2.24, 2.45) is 5.92 Å². The maximum Gasteiger partial charge on any atom is 0.214 e. The van der Waals surface area contributed by atoms with Gasteiger partial charge in [0.15, 0.2) is 0 Å². The number of sulfonamides is 1. The molecule has 0 N–H and O–H groups in total. The first-order valence-electron chi connectivity index (χ1n) is 6.44. The summed E-state index contributed by atoms with van der Waals surface area (Å²) in [5.41, 5.74) is 0. The highest BCUT2D eigenvalue weighted by molar-refractivity contribution is 7.89. The van der Waals surface area contributed by atoms with Crippen molar-refractivity contribution in [2.75, 3.05) is 12.8 Å². The van der Waals surface area contributed by atoms with E-state index in [1.165, 1.54) is 4.31 Å². The van der Waals surface area contributed by atoms with E-state index in [0.717, 1.165) is 25.7 Å². The maximum absolute atomic E-state index is 12.1. The van der Waals surface area contributed by atoms with Gasteiger partial charge in [0.2, 0.25) is 10.0 Å². The average Bonchev–Trinajstić information content (AvgIpc) is 2.26. The van der Waals surface area contributed by atoms with E-state index in [9.17, 15) is 8.42 Å². The van der Waals surface area contributed by atoms with Crippen LogP contribution in [-0.2, 0) is 10.0 Å². The third kappa shape index (κ3) is 4.42. The van der Waals surface area contributed by atoms with Gasteiger partial charge in [-0.15, -0.1) is 11.6 Å². The Morgan fingerprint density at radius 2 is 1.88 bits per heavy atom. The molecular formula is C12H24ClNO2S. The summed E-state index contributed by atoms with van der Waals surface area (Å²) >= 11 is 6.24. The van der Waals surface area contributed by atoms with E-state index in [0.29, 0.717) is 12.3 Å². The number of hydrogen-bond acceptors (Lipinski definition) is 2. The van der Waals surface area contributed by atoms with Gasteiger partial charge in [-0.1, -0.05) is 26.7 Å². The average molecular weight is 282 g/mol. The second kappa shape index (κ2) is 6.39. The summed E-state index contributed by atoms with van der Waals surface area (Å²) in [6.07, 6.45) is 4.73. The Labute approximate surface area is 111 Å². The van der Waals surface area contributed by atoms with E-state index >= 15 is 0 Å². The van der Waals surface area contributed by atoms with Crippen LogP contribution in [0, 0.1) is 5.92 Å². The largest absolute Gasteiger partial charge is 0.214 e. The number of rotatable bonds is 5. The predicted molar refractivity (Wildman–Crippen MR) is 72.9 cm³/mol. The molecule has 17 heavy (non-hydrogen) atoms. The molecule has 1 aliphatic rings. The molecule has 0 amide bonds. The van der Waals surface area contributed by atoms with Gasteiger partial charge in [-0.2, -0.15) is 0 Å². The van der Waals surface area contributed by atoms with Gasteiger partial charge < -0.3 is 0 Å². The van der Waals surface area contributed by atoms with Crippen LogP contribution in [0.2, 0.25) is 0 Å². The molecule has 102 valence electrons. The van der Waals surface area contributed by atoms with Crippen molar-refractivity contribution in [3.8, 4) is 0 Å². The van der Waals surface area contributed by atoms with E-state index in [4.69, 9.17) is 11.6 Å². The normalized spacial score (nSPS) is 26.7. The van der Waals surface area contributed by atoms with Crippen LogP contribution in [0.15, 0.2) is 0 Å². The lowest BCUT2D eigenvalue weighted by Gasteiger charge is -2.34. The van der Waals surface area contributed by atoms with Crippen molar-refractivity contribution in [2.45, 2.75) is 57.4 Å². The molecule has 1 saturated carbocycles. The summed E-state index contributed by atoms with van der Waals surface area (Å²) in [7, 11) is -1.46. The smallest absolute Gasteiger partial charge is 0.212 e. The molecule has 1 aliphatic carbocycles. The molecule has 2 unspecified atom stereocenters. The van der Waals surface area contributed by atoms with Crippen LogP contribution in [0.4, 0.5) is 0 Å². The quantitative estimate of drug-likeness (QED) is 0.727. The zero-order valence-corrected chi connectivity index (χ0v) is 12.6. The molecule has 0 aromatic carbocycles. The Kier molecular flexibility index (Phi) is 5.74. The Morgan fingerprint density at radius 1 is 1.29 bits per heavy atom. The van der Waals surface area contributed by atoms with Crippen molar-refractivity contribution in [1.29, 1.82) is 0 Å². The minimum absolute atomic E-state index is 0.0115. The minimum Gasteiger partial charge on any atom is -0.212 e. The van der Waals surface area contributed by atoms with Crippen molar-refractivity contribution in [3.05, 3.63) is 0 Å². The second-order valence-electron chi connectivity index (χ2n) is 5.38. The SMILES string of the molecule is CC(C)CCS(=O)(=O)N(C)C1CCCCC1Cl. The van der Waals surface area contributed by atoms with Gasteiger partial charge in [0.25, 0.3) is 0 Å². The zero-order chi connectivity index (χ0) is 13.1. The van der Waals surface area contributed by atoms with Crippen LogP contribution in [-0.4, -0.2) is 36.9 Å². The van der Waals surface area contributed by atoms with Crippen LogP contribution in [0.5, 0.6) is 0 Å². The predicted octanol–water partition coefficient (Wildman–Crippen LogP) is 2.84. The Morgan fingerprint density at radius 3 is 2.41 bits per heavy atom. The molecule has 0 aliphatic heterocycles. The lowest BCUT2D eigenvalue weighted by Crippen LogP contribution is -2.45. The summed E-state index contributed by atoms with van der Waals surface area (Å²) in [5.74, 6) is 0.651. The van der Waals surface area contributed by atoms with Crippen molar-refractivity contribution >= 4 is 21.6 Å². The third-order valence-corrected chi connectivity index (χ3v) is 5.92. The van der Waals surface area contributed by atoms with Gasteiger partial charge in [0.05, 0.1) is 11.1 Å². The van der Waals surface area contributed by atoms with Crippen molar-refractivity contribution in [1.82, 2.24) is 4.31 Å². The van der Waals surface area contributed by atoms with Gasteiger partial charge in [0, 0.05) is 13.1 Å². The fourth-order valence-electron chi connectivity index (χ4n) is 2.21. The van der Waals surface area contributed by atoms with Gasteiger partial charge in [0.1, 0.15) is 0 Å². The first-order valence-corrected chi connectivity index (χ1v) is 8.49. The molecule has 0 radical (unpaired) electrons. The standard InChI is InChI=1S/C12H24ClNO2S/c1-10(2)8-9-17(15,16)14(3)12-7-5-4-6-11(12)13/h10-12H,4-9H2,1-3H3. The van der Waals surface area contributed by atoms with Crippen LogP contribution < -0.4 is 0 Å². The number of hydrogen-bond donors (Lipinski definition) is 0. The Balaban J connectivity index is 2.63. The third-order valence-electron chi connectivity index (χ3n) is 3.51. The number of halogens is 1. The van der Waals surface area contributed by atoms with E-state index < -0.39 is 10.0 Å². The molecule has 0 saturated heterocycles. The van der Waals surface area contributed by atoms with E-state index in [1.807, 2.05) is 13.8 Å². The molecule has 3 nitrogen and oxygen atoms in total. The van der Waals surface area contributed by atoms with Gasteiger partial charge in [-0.3, -0.25) is 0 Å². The molecule has 1 fully saturated rings. The Hall–Kier alpha value is 0.200. The molecule has 1 rings (SSSR count). The summed E-state index contributed by atoms with van der Waals surface area (Å²) in [5, 5.41) is -0.0254. The first kappa shape index (κ1) is 15.3. The highest BCUT2D eigenvalue weighted by Gasteiger charge is 2.32. The van der Waals surface area contributed by atoms with E-state index in [-0.39, 0.29) is 17.2 Å². The molecule has 0 heterocycles. The first-order chi connectivity index (χ1) is 7.84. The maximum atomic E-state index is 12.1. The lowest BCUT2D eigenvalue weighted by molar-refractivity contribution is 0.290. The van der Waals surface area contributed by atoms with Crippen LogP contribution >= 0.6 is 11.6 Å². The molecular weight excluding hydrogens is 258 g/mol. The van der Waals surface area contributed by atoms with Gasteiger partial charge in [-0.25, -0.2) is 12.7 Å². The van der Waals surface area contributed by atoms with Crippen LogP contribution in [0.1, 0.15) is 46.0 Å². The molecule has 0 aromatic heterocycles. The molecule has 5 heteroatoms. The van der Waals surface area contributed by atoms with Gasteiger partial charge >= 0.3 is 0 Å². The molecule has 0 aromatic rings. The molecule has 2 atom stereocenters. The van der Waals surface area contributed by atoms with E-state index in [2.05, 4.69) is 0 Å². The number of alkyl halides is 1. The number of nitrogens with zero attached hydrogens (tertiary/aromatic N) is 1. The zero-order valence-electron chi connectivity index (χ0n) is 11.0. The van der Waals surface area contributed by atoms with Gasteiger partial charge in [-0.05, 0) is 25.2 Å². The topological polar surface area (TPSA) is 37.4 Å². The van der Waals surface area contributed by atoms with Crippen LogP contribution in [0.3, 0.4) is 0 Å². The lowest BCUT2D eigenvalue weighted by atomic mass is 9.95. The fraction of sp³-hybridized carbons (Fsp3) is 1.00. The highest BCUT2D eigenvalue weighted by atomic mass is 35.5. The second-order valence-corrected chi connectivity index (χ2v) is 8.09. The monoisotopic (exact) mass is 281 g/mol. The molecule has 0 spiro atoms. The minimum atomic E-state index is -3.14. The van der Waals surface area contributed by atoms with Crippen molar-refractivity contribution in [3.63, 3.8) is 0 Å². The fourth-order valence-corrected chi connectivity index (χ4v) is 4.45.